The molecule has 0 aromatic heterocycles. The van der Waals surface area contributed by atoms with Gasteiger partial charge in [-0.05, 0) is 25.0 Å². The lowest BCUT2D eigenvalue weighted by Crippen LogP contribution is -2.43. The third-order valence-corrected chi connectivity index (χ3v) is 5.88. The molecule has 0 amide bonds. The van der Waals surface area contributed by atoms with Crippen LogP contribution in [0.15, 0.2) is 23.2 Å². The van der Waals surface area contributed by atoms with Crippen LogP contribution in [0.25, 0.3) is 0 Å². The molecule has 0 spiro atoms. The Bertz CT molecular complexity index is 559. The van der Waals surface area contributed by atoms with E-state index in [1.807, 2.05) is 11.8 Å². The van der Waals surface area contributed by atoms with Crippen LogP contribution in [0.5, 0.6) is 0 Å². The van der Waals surface area contributed by atoms with Crippen LogP contribution in [0.4, 0.5) is 8.78 Å². The van der Waals surface area contributed by atoms with E-state index < -0.39 is 17.0 Å². The number of rotatable bonds is 3. The van der Waals surface area contributed by atoms with Gasteiger partial charge < -0.3 is 10.6 Å². The summed E-state index contributed by atoms with van der Waals surface area (Å²) < 4.78 is 28.6. The Balaban J connectivity index is 1.84. The topological polar surface area (TPSA) is 41.6 Å². The van der Waals surface area contributed by atoms with Gasteiger partial charge in [0.2, 0.25) is 0 Å². The maximum atomic E-state index is 14.3. The largest absolute Gasteiger partial charge is 0.370 e. The number of nitrogens with zero attached hydrogens (tertiary/aromatic N) is 2. The summed E-state index contributed by atoms with van der Waals surface area (Å²) in [7, 11) is 0. The molecule has 1 aromatic carbocycles. The first-order chi connectivity index (χ1) is 11.1. The van der Waals surface area contributed by atoms with Gasteiger partial charge in [-0.15, -0.1) is 0 Å². The van der Waals surface area contributed by atoms with Crippen LogP contribution in [0.3, 0.4) is 0 Å². The van der Waals surface area contributed by atoms with Gasteiger partial charge in [-0.2, -0.15) is 11.8 Å². The molecule has 0 radical (unpaired) electrons. The van der Waals surface area contributed by atoms with E-state index in [1.54, 1.807) is 0 Å². The van der Waals surface area contributed by atoms with Crippen molar-refractivity contribution < 1.29 is 8.78 Å². The summed E-state index contributed by atoms with van der Waals surface area (Å²) in [5, 5.41) is 0. The van der Waals surface area contributed by atoms with Crippen molar-refractivity contribution in [3.05, 3.63) is 35.4 Å². The van der Waals surface area contributed by atoms with Crippen molar-refractivity contribution in [1.29, 1.82) is 0 Å². The molecule has 126 valence electrons. The average molecular weight is 339 g/mol. The molecule has 0 atom stereocenters. The van der Waals surface area contributed by atoms with Crippen molar-refractivity contribution >= 4 is 17.7 Å². The van der Waals surface area contributed by atoms with Crippen LogP contribution in [0.1, 0.15) is 31.2 Å². The van der Waals surface area contributed by atoms with Gasteiger partial charge >= 0.3 is 0 Å². The molecular weight excluding hydrogens is 316 g/mol. The fourth-order valence-corrected chi connectivity index (χ4v) is 4.57. The molecule has 0 bridgehead atoms. The van der Waals surface area contributed by atoms with E-state index in [0.29, 0.717) is 12.5 Å². The summed E-state index contributed by atoms with van der Waals surface area (Å²) in [6.45, 7) is 2.14. The van der Waals surface area contributed by atoms with Crippen LogP contribution in [0.2, 0.25) is 0 Å². The molecule has 6 heteroatoms. The predicted octanol–water partition coefficient (Wildman–Crippen LogP) is 3.14. The van der Waals surface area contributed by atoms with Crippen molar-refractivity contribution in [3.8, 4) is 0 Å². The Hall–Kier alpha value is -1.30. The zero-order valence-electron chi connectivity index (χ0n) is 13.2. The van der Waals surface area contributed by atoms with Gasteiger partial charge in [0.25, 0.3) is 0 Å². The van der Waals surface area contributed by atoms with Gasteiger partial charge in [0.1, 0.15) is 11.6 Å². The summed E-state index contributed by atoms with van der Waals surface area (Å²) in [5.41, 5.74) is 5.77. The minimum absolute atomic E-state index is 0.197. The molecule has 2 fully saturated rings. The number of hydrogen-bond donors (Lipinski definition) is 1. The zero-order chi connectivity index (χ0) is 16.3. The molecule has 2 N–H and O–H groups in total. The first-order valence-corrected chi connectivity index (χ1v) is 9.35. The smallest absolute Gasteiger partial charge is 0.191 e. The van der Waals surface area contributed by atoms with Crippen molar-refractivity contribution in [2.45, 2.75) is 31.1 Å². The SMILES string of the molecule is NC(=NCC1(c2c(F)cccc2F)CCCC1)N1CCSCC1. The highest BCUT2D eigenvalue weighted by Gasteiger charge is 2.40. The third kappa shape index (κ3) is 3.47. The van der Waals surface area contributed by atoms with E-state index in [4.69, 9.17) is 5.73 Å². The second-order valence-corrected chi connectivity index (χ2v) is 7.58. The normalized spacial score (nSPS) is 21.7. The van der Waals surface area contributed by atoms with Crippen LogP contribution in [-0.2, 0) is 5.41 Å². The number of halogens is 2. The maximum absolute atomic E-state index is 14.3. The molecule has 3 rings (SSSR count). The van der Waals surface area contributed by atoms with Crippen LogP contribution < -0.4 is 5.73 Å². The number of nitrogens with two attached hydrogens (primary N) is 1. The van der Waals surface area contributed by atoms with E-state index in [1.165, 1.54) is 18.2 Å². The van der Waals surface area contributed by atoms with Crippen molar-refractivity contribution in [2.75, 3.05) is 31.1 Å². The second kappa shape index (κ2) is 7.07. The Labute approximate surface area is 140 Å². The van der Waals surface area contributed by atoms with Gasteiger partial charge in [-0.25, -0.2) is 8.78 Å². The van der Waals surface area contributed by atoms with Crippen LogP contribution in [0, 0.1) is 11.6 Å². The minimum Gasteiger partial charge on any atom is -0.370 e. The van der Waals surface area contributed by atoms with E-state index >= 15 is 0 Å². The van der Waals surface area contributed by atoms with Crippen molar-refractivity contribution in [3.63, 3.8) is 0 Å². The number of aliphatic imine (C=N–C) groups is 1. The van der Waals surface area contributed by atoms with Gasteiger partial charge in [-0.3, -0.25) is 4.99 Å². The highest BCUT2D eigenvalue weighted by Crippen LogP contribution is 2.43. The lowest BCUT2D eigenvalue weighted by Gasteiger charge is -2.31. The first kappa shape index (κ1) is 16.6. The second-order valence-electron chi connectivity index (χ2n) is 6.36. The van der Waals surface area contributed by atoms with E-state index in [9.17, 15) is 8.78 Å². The van der Waals surface area contributed by atoms with Crippen LogP contribution >= 0.6 is 11.8 Å². The maximum Gasteiger partial charge on any atom is 0.191 e. The number of benzene rings is 1. The Morgan fingerprint density at radius 1 is 1.17 bits per heavy atom. The minimum atomic E-state index is -0.551. The fraction of sp³-hybridized carbons (Fsp3) is 0.588. The van der Waals surface area contributed by atoms with E-state index in [2.05, 4.69) is 9.89 Å². The summed E-state index contributed by atoms with van der Waals surface area (Å²) in [6, 6.07) is 4.10. The van der Waals surface area contributed by atoms with Gasteiger partial charge in [0, 0.05) is 35.6 Å². The summed E-state index contributed by atoms with van der Waals surface area (Å²) in [4.78, 5) is 6.60. The number of hydrogen-bond acceptors (Lipinski definition) is 2. The third-order valence-electron chi connectivity index (χ3n) is 4.93. The highest BCUT2D eigenvalue weighted by molar-refractivity contribution is 7.99. The molecule has 2 aliphatic rings. The average Bonchev–Trinajstić information content (AvgIpc) is 3.03. The molecular formula is C17H23F2N3S. The highest BCUT2D eigenvalue weighted by atomic mass is 32.2. The Kier molecular flexibility index (Phi) is 5.09. The van der Waals surface area contributed by atoms with Gasteiger partial charge in [0.05, 0.1) is 6.54 Å². The molecule has 23 heavy (non-hydrogen) atoms. The number of guanidine groups is 1. The predicted molar refractivity (Wildman–Crippen MR) is 91.9 cm³/mol. The molecule has 1 heterocycles. The Morgan fingerprint density at radius 3 is 2.39 bits per heavy atom. The standard InChI is InChI=1S/C17H23F2N3S/c18-13-4-3-5-14(19)15(13)17(6-1-2-7-17)12-21-16(20)22-8-10-23-11-9-22/h3-5H,1-2,6-12H2,(H2,20,21). The summed E-state index contributed by atoms with van der Waals surface area (Å²) in [6.07, 6.45) is 3.47. The molecule has 1 aliphatic carbocycles. The lowest BCUT2D eigenvalue weighted by atomic mass is 9.78. The molecule has 1 saturated carbocycles. The quantitative estimate of drug-likeness (QED) is 0.679. The lowest BCUT2D eigenvalue weighted by molar-refractivity contribution is 0.395. The molecule has 0 unspecified atom stereocenters. The monoisotopic (exact) mass is 339 g/mol. The first-order valence-electron chi connectivity index (χ1n) is 8.19. The summed E-state index contributed by atoms with van der Waals surface area (Å²) in [5.74, 6) is 1.67. The van der Waals surface area contributed by atoms with Gasteiger partial charge in [0.15, 0.2) is 5.96 Å². The molecule has 3 nitrogen and oxygen atoms in total. The van der Waals surface area contributed by atoms with E-state index in [0.717, 1.165) is 50.3 Å². The molecule has 1 saturated heterocycles. The van der Waals surface area contributed by atoms with E-state index in [-0.39, 0.29) is 5.56 Å². The van der Waals surface area contributed by atoms with Crippen molar-refractivity contribution in [1.82, 2.24) is 4.90 Å². The zero-order valence-corrected chi connectivity index (χ0v) is 14.0. The Morgan fingerprint density at radius 2 is 1.78 bits per heavy atom. The molecule has 1 aliphatic heterocycles. The number of thioether (sulfide) groups is 1. The van der Waals surface area contributed by atoms with Gasteiger partial charge in [-0.1, -0.05) is 18.9 Å². The fourth-order valence-electron chi connectivity index (χ4n) is 3.67. The molecule has 1 aromatic rings. The summed E-state index contributed by atoms with van der Waals surface area (Å²) >= 11 is 1.91. The van der Waals surface area contributed by atoms with Crippen LogP contribution in [-0.4, -0.2) is 42.0 Å². The van der Waals surface area contributed by atoms with Crippen molar-refractivity contribution in [2.24, 2.45) is 10.7 Å².